The highest BCUT2D eigenvalue weighted by molar-refractivity contribution is 7.22. The van der Waals surface area contributed by atoms with Gasteiger partial charge in [-0.25, -0.2) is 14.2 Å². The van der Waals surface area contributed by atoms with Crippen LogP contribution >= 0.6 is 11.3 Å². The molecule has 1 aliphatic heterocycles. The van der Waals surface area contributed by atoms with Crippen LogP contribution in [0.5, 0.6) is 5.75 Å². The van der Waals surface area contributed by atoms with Crippen LogP contribution in [0.1, 0.15) is 12.8 Å². The van der Waals surface area contributed by atoms with E-state index in [9.17, 15) is 22.4 Å². The Kier molecular flexibility index (Phi) is 5.96. The van der Waals surface area contributed by atoms with Crippen molar-refractivity contribution in [3.05, 3.63) is 48.3 Å². The van der Waals surface area contributed by atoms with Crippen molar-refractivity contribution in [3.63, 3.8) is 0 Å². The first kappa shape index (κ1) is 21.3. The molecule has 1 saturated heterocycles. The zero-order chi connectivity index (χ0) is 22.0. The maximum atomic E-state index is 13.1. The third-order valence-corrected chi connectivity index (χ3v) is 5.61. The summed E-state index contributed by atoms with van der Waals surface area (Å²) in [7, 11) is 0. The fourth-order valence-electron chi connectivity index (χ4n) is 3.17. The van der Waals surface area contributed by atoms with Crippen molar-refractivity contribution in [1.29, 1.82) is 0 Å². The molecule has 1 fully saturated rings. The lowest BCUT2D eigenvalue weighted by atomic mass is 10.2. The molecule has 0 spiro atoms. The Labute approximate surface area is 178 Å². The van der Waals surface area contributed by atoms with Crippen LogP contribution in [-0.4, -0.2) is 36.6 Å². The molecule has 4 rings (SSSR count). The van der Waals surface area contributed by atoms with Gasteiger partial charge in [0.05, 0.1) is 22.9 Å². The van der Waals surface area contributed by atoms with E-state index in [-0.39, 0.29) is 18.4 Å². The van der Waals surface area contributed by atoms with Gasteiger partial charge in [0.2, 0.25) is 0 Å². The fraction of sp³-hybridized carbons (Fsp3) is 0.300. The van der Waals surface area contributed by atoms with Crippen LogP contribution < -0.4 is 15.0 Å². The number of alkyl halides is 3. The number of carbonyl (C=O) groups is 1. The number of aromatic nitrogens is 1. The van der Waals surface area contributed by atoms with Gasteiger partial charge in [-0.1, -0.05) is 11.3 Å². The molecule has 0 radical (unpaired) electrons. The van der Waals surface area contributed by atoms with E-state index in [0.29, 0.717) is 27.6 Å². The minimum absolute atomic E-state index is 0.185. The molecule has 1 atom stereocenters. The molecule has 2 heterocycles. The van der Waals surface area contributed by atoms with Gasteiger partial charge in [0.1, 0.15) is 11.6 Å². The largest absolute Gasteiger partial charge is 0.573 e. The molecule has 3 aromatic rings. The minimum atomic E-state index is -4.80. The zero-order valence-corrected chi connectivity index (χ0v) is 16.8. The average Bonchev–Trinajstić information content (AvgIpc) is 3.35. The summed E-state index contributed by atoms with van der Waals surface area (Å²) in [4.78, 5) is 18.8. The maximum absolute atomic E-state index is 13.1. The molecule has 1 aromatic heterocycles. The van der Waals surface area contributed by atoms with E-state index >= 15 is 0 Å². The second-order valence-corrected chi connectivity index (χ2v) is 7.87. The molecule has 31 heavy (non-hydrogen) atoms. The first-order valence-electron chi connectivity index (χ1n) is 9.39. The molecule has 1 aliphatic rings. The first-order chi connectivity index (χ1) is 14.8. The van der Waals surface area contributed by atoms with Crippen LogP contribution in [0.4, 0.5) is 33.2 Å². The summed E-state index contributed by atoms with van der Waals surface area (Å²) < 4.78 is 60.7. The number of urea groups is 1. The summed E-state index contributed by atoms with van der Waals surface area (Å²) in [6, 6.07) is 8.59. The molecule has 2 aromatic carbocycles. The van der Waals surface area contributed by atoms with E-state index in [2.05, 4.69) is 15.0 Å². The number of halogens is 4. The molecule has 0 bridgehead atoms. The highest BCUT2D eigenvalue weighted by Crippen LogP contribution is 2.34. The molecule has 2 amide bonds. The van der Waals surface area contributed by atoms with Gasteiger partial charge in [-0.15, -0.1) is 13.2 Å². The third-order valence-electron chi connectivity index (χ3n) is 4.56. The first-order valence-corrected chi connectivity index (χ1v) is 10.2. The normalized spacial score (nSPS) is 16.5. The van der Waals surface area contributed by atoms with Crippen molar-refractivity contribution >= 4 is 38.4 Å². The Morgan fingerprint density at radius 3 is 2.71 bits per heavy atom. The Morgan fingerprint density at radius 2 is 2.03 bits per heavy atom. The van der Waals surface area contributed by atoms with Crippen molar-refractivity contribution in [2.45, 2.75) is 25.3 Å². The molecule has 6 nitrogen and oxygen atoms in total. The number of rotatable bonds is 5. The fourth-order valence-corrected chi connectivity index (χ4v) is 4.17. The number of nitrogens with one attached hydrogen (secondary N) is 1. The van der Waals surface area contributed by atoms with E-state index < -0.39 is 18.2 Å². The highest BCUT2D eigenvalue weighted by Gasteiger charge is 2.31. The van der Waals surface area contributed by atoms with E-state index in [1.165, 1.54) is 47.4 Å². The van der Waals surface area contributed by atoms with Crippen molar-refractivity contribution in [1.82, 2.24) is 4.98 Å². The summed E-state index contributed by atoms with van der Waals surface area (Å²) in [6.45, 7) is 0.814. The number of anilines is 2. The number of hydrogen-bond acceptors (Lipinski definition) is 5. The maximum Gasteiger partial charge on any atom is 0.573 e. The third kappa shape index (κ3) is 5.42. The van der Waals surface area contributed by atoms with Crippen LogP contribution in [0.25, 0.3) is 10.2 Å². The SMILES string of the molecule is O=C(Nc1ccc(F)cc1)N(CC1CCCO1)c1nc2ccc(OC(F)(F)F)cc2s1. The van der Waals surface area contributed by atoms with Gasteiger partial charge in [0.15, 0.2) is 5.13 Å². The Hall–Kier alpha value is -2.92. The number of nitrogens with zero attached hydrogens (tertiary/aromatic N) is 2. The van der Waals surface area contributed by atoms with Crippen molar-refractivity contribution in [2.75, 3.05) is 23.4 Å². The summed E-state index contributed by atoms with van der Waals surface area (Å²) in [5.74, 6) is -0.797. The Morgan fingerprint density at radius 1 is 1.26 bits per heavy atom. The summed E-state index contributed by atoms with van der Waals surface area (Å²) in [5.41, 5.74) is 0.826. The Bertz CT molecular complexity index is 1070. The number of ether oxygens (including phenoxy) is 2. The lowest BCUT2D eigenvalue weighted by Crippen LogP contribution is -2.40. The lowest BCUT2D eigenvalue weighted by Gasteiger charge is -2.23. The van der Waals surface area contributed by atoms with Crippen LogP contribution in [0.2, 0.25) is 0 Å². The van der Waals surface area contributed by atoms with E-state index in [1.54, 1.807) is 0 Å². The molecule has 11 heteroatoms. The van der Waals surface area contributed by atoms with Crippen molar-refractivity contribution in [3.8, 4) is 5.75 Å². The number of carbonyl (C=O) groups excluding carboxylic acids is 1. The van der Waals surface area contributed by atoms with E-state index in [4.69, 9.17) is 4.74 Å². The predicted molar refractivity (Wildman–Crippen MR) is 108 cm³/mol. The second kappa shape index (κ2) is 8.67. The smallest absolute Gasteiger partial charge is 0.406 e. The summed E-state index contributed by atoms with van der Waals surface area (Å²) in [6.07, 6.45) is -3.34. The second-order valence-electron chi connectivity index (χ2n) is 6.86. The topological polar surface area (TPSA) is 63.7 Å². The molecular weight excluding hydrogens is 438 g/mol. The summed E-state index contributed by atoms with van der Waals surface area (Å²) >= 11 is 1.06. The molecule has 164 valence electrons. The lowest BCUT2D eigenvalue weighted by molar-refractivity contribution is -0.274. The molecule has 1 unspecified atom stereocenters. The van der Waals surface area contributed by atoms with Crippen LogP contribution in [0.15, 0.2) is 42.5 Å². The van der Waals surface area contributed by atoms with Crippen LogP contribution in [0, 0.1) is 5.82 Å². The predicted octanol–water partition coefficient (Wildman–Crippen LogP) is 5.55. The standard InChI is InChI=1S/C20H17F4N3O3S/c21-12-3-5-13(6-4-12)25-18(28)27(11-15-2-1-9-29-15)19-26-16-8-7-14(10-17(16)31-19)30-20(22,23)24/h3-8,10,15H,1-2,9,11H2,(H,25,28). The number of amides is 2. The number of fused-ring (bicyclic) bond motifs is 1. The summed E-state index contributed by atoms with van der Waals surface area (Å²) in [5, 5.41) is 2.99. The van der Waals surface area contributed by atoms with Gasteiger partial charge >= 0.3 is 12.4 Å². The molecular formula is C20H17F4N3O3S. The van der Waals surface area contributed by atoms with Gasteiger partial charge in [-0.05, 0) is 49.2 Å². The number of thiazole rings is 1. The van der Waals surface area contributed by atoms with E-state index in [0.717, 1.165) is 24.2 Å². The molecule has 0 aliphatic carbocycles. The van der Waals surface area contributed by atoms with Gasteiger partial charge in [0, 0.05) is 18.4 Å². The van der Waals surface area contributed by atoms with Crippen LogP contribution in [0.3, 0.4) is 0 Å². The van der Waals surface area contributed by atoms with E-state index in [1.807, 2.05) is 0 Å². The quantitative estimate of drug-likeness (QED) is 0.513. The van der Waals surface area contributed by atoms with Gasteiger partial charge in [0.25, 0.3) is 0 Å². The highest BCUT2D eigenvalue weighted by atomic mass is 32.1. The van der Waals surface area contributed by atoms with Gasteiger partial charge in [-0.2, -0.15) is 0 Å². The minimum Gasteiger partial charge on any atom is -0.406 e. The van der Waals surface area contributed by atoms with Crippen LogP contribution in [-0.2, 0) is 4.74 Å². The van der Waals surface area contributed by atoms with Gasteiger partial charge in [-0.3, -0.25) is 4.90 Å². The van der Waals surface area contributed by atoms with Crippen molar-refractivity contribution < 1.29 is 31.8 Å². The number of benzene rings is 2. The number of hydrogen-bond donors (Lipinski definition) is 1. The average molecular weight is 455 g/mol. The van der Waals surface area contributed by atoms with Gasteiger partial charge < -0.3 is 14.8 Å². The molecule has 1 N–H and O–H groups in total. The zero-order valence-electron chi connectivity index (χ0n) is 16.0. The monoisotopic (exact) mass is 455 g/mol. The molecule has 0 saturated carbocycles. The van der Waals surface area contributed by atoms with Crippen molar-refractivity contribution in [2.24, 2.45) is 0 Å². The Balaban J connectivity index is 1.61.